The predicted molar refractivity (Wildman–Crippen MR) is 117 cm³/mol. The second-order valence-corrected chi connectivity index (χ2v) is 7.99. The van der Waals surface area contributed by atoms with E-state index in [1.807, 2.05) is 64.1 Å². The third-order valence-electron chi connectivity index (χ3n) is 4.50. The molecule has 9 heteroatoms. The maximum atomic E-state index is 12.2. The summed E-state index contributed by atoms with van der Waals surface area (Å²) >= 11 is 1.21. The van der Waals surface area contributed by atoms with E-state index in [2.05, 4.69) is 26.2 Å². The molecule has 0 aliphatic heterocycles. The number of thioether (sulfide) groups is 1. The maximum absolute atomic E-state index is 12.2. The summed E-state index contributed by atoms with van der Waals surface area (Å²) in [6.45, 7) is 7.77. The zero-order valence-electron chi connectivity index (χ0n) is 17.4. The van der Waals surface area contributed by atoms with Gasteiger partial charge in [0.05, 0.1) is 18.0 Å². The summed E-state index contributed by atoms with van der Waals surface area (Å²) in [6.07, 6.45) is 0. The van der Waals surface area contributed by atoms with Crippen LogP contribution in [0.25, 0.3) is 5.69 Å². The molecular formula is C21H24N6O2S. The van der Waals surface area contributed by atoms with Crippen molar-refractivity contribution < 1.29 is 9.59 Å². The number of para-hydroxylation sites is 1. The molecule has 0 radical (unpaired) electrons. The highest BCUT2D eigenvalue weighted by Crippen LogP contribution is 2.22. The molecule has 0 aliphatic carbocycles. The van der Waals surface area contributed by atoms with Gasteiger partial charge in [0.1, 0.15) is 0 Å². The van der Waals surface area contributed by atoms with Crippen molar-refractivity contribution in [1.82, 2.24) is 25.5 Å². The predicted octanol–water partition coefficient (Wildman–Crippen LogP) is 2.74. The molecule has 0 fully saturated rings. The summed E-state index contributed by atoms with van der Waals surface area (Å²) in [6, 6.07) is 11.7. The number of nitrogens with one attached hydrogen (secondary N) is 2. The van der Waals surface area contributed by atoms with Crippen LogP contribution in [0.5, 0.6) is 0 Å². The normalized spacial score (nSPS) is 10.7. The molecule has 2 N–H and O–H groups in total. The standard InChI is InChI=1S/C21H24N6O2S/c1-13-9-15(3)20(16(4)10-13)23-18(28)11-22-19(29)12-30-21-24-25-26-27(21)17-8-6-5-7-14(17)2/h5-10H,11-12H2,1-4H3,(H,22,29)(H,23,28). The van der Waals surface area contributed by atoms with E-state index in [9.17, 15) is 9.59 Å². The van der Waals surface area contributed by atoms with Crippen LogP contribution >= 0.6 is 11.8 Å². The summed E-state index contributed by atoms with van der Waals surface area (Å²) < 4.78 is 1.60. The second kappa shape index (κ2) is 9.53. The lowest BCUT2D eigenvalue weighted by Gasteiger charge is -2.13. The SMILES string of the molecule is Cc1cc(C)c(NC(=O)CNC(=O)CSc2nnnn2-c2ccccc2C)c(C)c1. The smallest absolute Gasteiger partial charge is 0.243 e. The molecule has 2 aromatic carbocycles. The summed E-state index contributed by atoms with van der Waals surface area (Å²) in [5.41, 5.74) is 5.78. The van der Waals surface area contributed by atoms with Crippen molar-refractivity contribution in [3.05, 3.63) is 58.7 Å². The largest absolute Gasteiger partial charge is 0.346 e. The molecule has 3 aromatic rings. The molecule has 0 spiro atoms. The first-order valence-corrected chi connectivity index (χ1v) is 10.5. The Bertz CT molecular complexity index is 1060. The number of nitrogens with zero attached hydrogens (tertiary/aromatic N) is 4. The van der Waals surface area contributed by atoms with Crippen LogP contribution in [-0.2, 0) is 9.59 Å². The van der Waals surface area contributed by atoms with Crippen LogP contribution in [0.15, 0.2) is 41.6 Å². The minimum Gasteiger partial charge on any atom is -0.346 e. The van der Waals surface area contributed by atoms with E-state index in [4.69, 9.17) is 0 Å². The van der Waals surface area contributed by atoms with Gasteiger partial charge in [-0.25, -0.2) is 0 Å². The third kappa shape index (κ3) is 5.24. The van der Waals surface area contributed by atoms with Crippen molar-refractivity contribution in [2.24, 2.45) is 0 Å². The molecule has 0 atom stereocenters. The maximum Gasteiger partial charge on any atom is 0.243 e. The first kappa shape index (κ1) is 21.5. The van der Waals surface area contributed by atoms with Crippen LogP contribution in [0, 0.1) is 27.7 Å². The topological polar surface area (TPSA) is 102 Å². The Hall–Kier alpha value is -3.20. The number of carbonyl (C=O) groups is 2. The number of carbonyl (C=O) groups excluding carboxylic acids is 2. The van der Waals surface area contributed by atoms with E-state index >= 15 is 0 Å². The Morgan fingerprint density at radius 2 is 1.70 bits per heavy atom. The number of amides is 2. The summed E-state index contributed by atoms with van der Waals surface area (Å²) in [4.78, 5) is 24.4. The molecule has 8 nitrogen and oxygen atoms in total. The number of hydrogen-bond acceptors (Lipinski definition) is 6. The van der Waals surface area contributed by atoms with Crippen molar-refractivity contribution in [2.75, 3.05) is 17.6 Å². The van der Waals surface area contributed by atoms with Gasteiger partial charge in [-0.1, -0.05) is 47.7 Å². The number of aromatic nitrogens is 4. The van der Waals surface area contributed by atoms with Gasteiger partial charge >= 0.3 is 0 Å². The van der Waals surface area contributed by atoms with Gasteiger partial charge in [0.2, 0.25) is 17.0 Å². The van der Waals surface area contributed by atoms with Crippen LogP contribution in [-0.4, -0.2) is 44.3 Å². The van der Waals surface area contributed by atoms with Crippen molar-refractivity contribution >= 4 is 29.3 Å². The number of benzene rings is 2. The third-order valence-corrected chi connectivity index (χ3v) is 5.42. The van der Waals surface area contributed by atoms with Gasteiger partial charge in [-0.3, -0.25) is 9.59 Å². The molecule has 2 amide bonds. The number of aryl methyl sites for hydroxylation is 4. The lowest BCUT2D eigenvalue weighted by molar-refractivity contribution is -0.122. The first-order valence-electron chi connectivity index (χ1n) is 9.46. The molecule has 0 aliphatic rings. The van der Waals surface area contributed by atoms with E-state index in [-0.39, 0.29) is 24.1 Å². The molecule has 0 unspecified atom stereocenters. The fourth-order valence-electron chi connectivity index (χ4n) is 3.14. The first-order chi connectivity index (χ1) is 14.3. The van der Waals surface area contributed by atoms with Gasteiger partial charge in [0.25, 0.3) is 0 Å². The van der Waals surface area contributed by atoms with Crippen molar-refractivity contribution in [3.63, 3.8) is 0 Å². The highest BCUT2D eigenvalue weighted by Gasteiger charge is 2.14. The number of hydrogen-bond donors (Lipinski definition) is 2. The summed E-state index contributed by atoms with van der Waals surface area (Å²) in [5, 5.41) is 17.7. The fraction of sp³-hybridized carbons (Fsp3) is 0.286. The van der Waals surface area contributed by atoms with Gasteiger partial charge < -0.3 is 10.6 Å². The van der Waals surface area contributed by atoms with Crippen LogP contribution in [0.4, 0.5) is 5.69 Å². The van der Waals surface area contributed by atoms with E-state index in [0.717, 1.165) is 33.6 Å². The molecule has 1 heterocycles. The Morgan fingerprint density at radius 1 is 1.00 bits per heavy atom. The average molecular weight is 425 g/mol. The second-order valence-electron chi connectivity index (χ2n) is 7.05. The molecule has 3 rings (SSSR count). The number of anilines is 1. The number of rotatable bonds is 7. The van der Waals surface area contributed by atoms with Gasteiger partial charge in [-0.15, -0.1) is 5.10 Å². The Balaban J connectivity index is 1.52. The van der Waals surface area contributed by atoms with Crippen LogP contribution < -0.4 is 10.6 Å². The van der Waals surface area contributed by atoms with Gasteiger partial charge in [-0.2, -0.15) is 4.68 Å². The summed E-state index contributed by atoms with van der Waals surface area (Å²) in [7, 11) is 0. The zero-order chi connectivity index (χ0) is 21.7. The quantitative estimate of drug-likeness (QED) is 0.566. The lowest BCUT2D eigenvalue weighted by atomic mass is 10.1. The fourth-order valence-corrected chi connectivity index (χ4v) is 3.86. The van der Waals surface area contributed by atoms with Crippen LogP contribution in [0.1, 0.15) is 22.3 Å². The molecule has 156 valence electrons. The number of tetrazole rings is 1. The van der Waals surface area contributed by atoms with Crippen LogP contribution in [0.2, 0.25) is 0 Å². The van der Waals surface area contributed by atoms with Crippen LogP contribution in [0.3, 0.4) is 0 Å². The van der Waals surface area contributed by atoms with Gasteiger partial charge in [0.15, 0.2) is 0 Å². The highest BCUT2D eigenvalue weighted by molar-refractivity contribution is 7.99. The Morgan fingerprint density at radius 3 is 2.40 bits per heavy atom. The van der Waals surface area contributed by atoms with E-state index in [0.29, 0.717) is 5.16 Å². The minimum atomic E-state index is -0.271. The average Bonchev–Trinajstić information content (AvgIpc) is 3.16. The van der Waals surface area contributed by atoms with Crippen molar-refractivity contribution in [2.45, 2.75) is 32.9 Å². The van der Waals surface area contributed by atoms with E-state index in [1.54, 1.807) is 4.68 Å². The molecule has 1 aromatic heterocycles. The van der Waals surface area contributed by atoms with Gasteiger partial charge in [-0.05, 0) is 60.9 Å². The summed E-state index contributed by atoms with van der Waals surface area (Å²) in [5.74, 6) is -0.442. The highest BCUT2D eigenvalue weighted by atomic mass is 32.2. The molecule has 30 heavy (non-hydrogen) atoms. The monoisotopic (exact) mass is 424 g/mol. The zero-order valence-corrected chi connectivity index (χ0v) is 18.2. The van der Waals surface area contributed by atoms with E-state index < -0.39 is 0 Å². The minimum absolute atomic E-state index is 0.0993. The van der Waals surface area contributed by atoms with Crippen molar-refractivity contribution in [3.8, 4) is 5.69 Å². The Labute approximate surface area is 179 Å². The molecule has 0 saturated carbocycles. The molecule has 0 bridgehead atoms. The van der Waals surface area contributed by atoms with Gasteiger partial charge in [0, 0.05) is 5.69 Å². The molecule has 0 saturated heterocycles. The van der Waals surface area contributed by atoms with E-state index in [1.165, 1.54) is 11.8 Å². The van der Waals surface area contributed by atoms with Crippen molar-refractivity contribution in [1.29, 1.82) is 0 Å². The lowest BCUT2D eigenvalue weighted by Crippen LogP contribution is -2.34. The Kier molecular flexibility index (Phi) is 6.83. The molecular weight excluding hydrogens is 400 g/mol.